The quantitative estimate of drug-likeness (QED) is 0.459. The van der Waals surface area contributed by atoms with Crippen LogP contribution >= 0.6 is 11.8 Å². The van der Waals surface area contributed by atoms with Gasteiger partial charge in [0.25, 0.3) is 0 Å². The lowest BCUT2D eigenvalue weighted by Crippen LogP contribution is -2.49. The first-order valence-corrected chi connectivity index (χ1v) is 8.56. The van der Waals surface area contributed by atoms with Gasteiger partial charge in [0, 0.05) is 27.2 Å². The van der Waals surface area contributed by atoms with Gasteiger partial charge >= 0.3 is 11.3 Å². The van der Waals surface area contributed by atoms with E-state index in [4.69, 9.17) is 0 Å². The molecule has 1 aliphatic rings. The molecule has 21 heavy (non-hydrogen) atoms. The molecule has 0 bridgehead atoms. The molecule has 0 unspecified atom stereocenters. The fourth-order valence-corrected chi connectivity index (χ4v) is 2.56. The van der Waals surface area contributed by atoms with Crippen molar-refractivity contribution in [3.05, 3.63) is 0 Å². The molecule has 0 aromatic heterocycles. The average molecular weight is 314 g/mol. The highest BCUT2D eigenvalue weighted by Gasteiger charge is 2.21. The van der Waals surface area contributed by atoms with Crippen LogP contribution in [-0.4, -0.2) is 60.5 Å². The van der Waals surface area contributed by atoms with E-state index in [9.17, 15) is 9.59 Å². The van der Waals surface area contributed by atoms with E-state index in [1.807, 2.05) is 0 Å². The third kappa shape index (κ3) is 5.95. The van der Waals surface area contributed by atoms with Crippen LogP contribution in [0, 0.1) is 0 Å². The van der Waals surface area contributed by atoms with Crippen molar-refractivity contribution < 1.29 is 9.59 Å². The zero-order chi connectivity index (χ0) is 15.8. The molecule has 0 aromatic rings. The molecule has 0 aromatic carbocycles. The lowest BCUT2D eigenvalue weighted by Gasteiger charge is -2.27. The Balaban J connectivity index is 2.69. The molecular weight excluding hydrogens is 288 g/mol. The van der Waals surface area contributed by atoms with E-state index >= 15 is 0 Å². The summed E-state index contributed by atoms with van der Waals surface area (Å²) >= 11 is 1.03. The van der Waals surface area contributed by atoms with Gasteiger partial charge in [-0.15, -0.1) is 0 Å². The molecule has 1 saturated carbocycles. The van der Waals surface area contributed by atoms with Crippen molar-refractivity contribution in [1.29, 1.82) is 0 Å². The van der Waals surface area contributed by atoms with E-state index in [0.717, 1.165) is 37.4 Å². The van der Waals surface area contributed by atoms with Crippen molar-refractivity contribution in [2.75, 3.05) is 27.4 Å². The second kappa shape index (κ2) is 8.92. The summed E-state index contributed by atoms with van der Waals surface area (Å²) in [4.78, 5) is 30.8. The van der Waals surface area contributed by atoms with Crippen LogP contribution < -0.4 is 5.32 Å². The Morgan fingerprint density at radius 3 is 2.14 bits per heavy atom. The van der Waals surface area contributed by atoms with Crippen LogP contribution in [0.1, 0.15) is 38.5 Å². The van der Waals surface area contributed by atoms with Crippen LogP contribution in [0.2, 0.25) is 0 Å². The van der Waals surface area contributed by atoms with E-state index in [0.29, 0.717) is 5.96 Å². The first-order valence-electron chi connectivity index (χ1n) is 7.34. The maximum absolute atomic E-state index is 12.3. The lowest BCUT2D eigenvalue weighted by atomic mass is 10.1. The van der Waals surface area contributed by atoms with E-state index in [-0.39, 0.29) is 17.3 Å². The molecule has 0 radical (unpaired) electrons. The van der Waals surface area contributed by atoms with Crippen molar-refractivity contribution in [3.8, 4) is 0 Å². The molecule has 1 rings (SSSR count). The monoisotopic (exact) mass is 314 g/mol. The van der Waals surface area contributed by atoms with Crippen LogP contribution in [0.3, 0.4) is 0 Å². The molecule has 1 N–H and O–H groups in total. The van der Waals surface area contributed by atoms with Crippen LogP contribution in [-0.2, 0) is 0 Å². The molecule has 3 amide bonds. The topological polar surface area (TPSA) is 65.0 Å². The fourth-order valence-electron chi connectivity index (χ4n) is 2.39. The smallest absolute Gasteiger partial charge is 0.324 e. The number of aliphatic imine (C=N–C) groups is 1. The van der Waals surface area contributed by atoms with Gasteiger partial charge in [-0.2, -0.15) is 4.99 Å². The van der Waals surface area contributed by atoms with Gasteiger partial charge in [0.2, 0.25) is 5.96 Å². The molecule has 0 aliphatic heterocycles. The van der Waals surface area contributed by atoms with Crippen molar-refractivity contribution in [1.82, 2.24) is 15.1 Å². The molecule has 0 saturated heterocycles. The molecule has 0 atom stereocenters. The van der Waals surface area contributed by atoms with Crippen molar-refractivity contribution in [2.24, 2.45) is 4.99 Å². The fraction of sp³-hybridized carbons (Fsp3) is 0.786. The molecule has 6 nitrogen and oxygen atoms in total. The van der Waals surface area contributed by atoms with Crippen molar-refractivity contribution >= 4 is 29.0 Å². The zero-order valence-electron chi connectivity index (χ0n) is 13.4. The van der Waals surface area contributed by atoms with E-state index in [2.05, 4.69) is 10.3 Å². The maximum Gasteiger partial charge on any atom is 0.324 e. The first kappa shape index (κ1) is 17.8. The maximum atomic E-state index is 12.3. The van der Waals surface area contributed by atoms with Gasteiger partial charge in [-0.25, -0.2) is 4.79 Å². The van der Waals surface area contributed by atoms with E-state index in [1.165, 1.54) is 17.7 Å². The summed E-state index contributed by atoms with van der Waals surface area (Å²) in [5, 5.41) is 2.73. The Morgan fingerprint density at radius 1 is 1.10 bits per heavy atom. The Bertz CT molecular complexity index is 390. The highest BCUT2D eigenvalue weighted by molar-refractivity contribution is 8.13. The highest BCUT2D eigenvalue weighted by atomic mass is 32.2. The minimum atomic E-state index is -0.312. The van der Waals surface area contributed by atoms with Gasteiger partial charge in [0.1, 0.15) is 0 Å². The van der Waals surface area contributed by atoms with Crippen LogP contribution in [0.15, 0.2) is 4.99 Å². The number of urea groups is 1. The number of carbonyl (C=O) groups is 2. The summed E-state index contributed by atoms with van der Waals surface area (Å²) in [6, 6.07) is 0.0189. The van der Waals surface area contributed by atoms with Crippen molar-refractivity contribution in [2.45, 2.75) is 44.6 Å². The molecule has 7 heteroatoms. The third-order valence-electron chi connectivity index (χ3n) is 3.55. The van der Waals surface area contributed by atoms with Gasteiger partial charge in [-0.05, 0) is 19.1 Å². The highest BCUT2D eigenvalue weighted by Crippen LogP contribution is 2.17. The number of hydrogen-bond donors (Lipinski definition) is 1. The summed E-state index contributed by atoms with van der Waals surface area (Å²) in [6.45, 7) is 0. The normalized spacial score (nSPS) is 17.0. The summed E-state index contributed by atoms with van der Waals surface area (Å²) in [5.74, 6) is 0.348. The number of nitrogens with zero attached hydrogens (tertiary/aromatic N) is 3. The van der Waals surface area contributed by atoms with Crippen molar-refractivity contribution in [3.63, 3.8) is 0 Å². The summed E-state index contributed by atoms with van der Waals surface area (Å²) in [7, 11) is 5.17. The van der Waals surface area contributed by atoms with Gasteiger partial charge in [0.15, 0.2) is 0 Å². The van der Waals surface area contributed by atoms with E-state index < -0.39 is 0 Å². The van der Waals surface area contributed by atoms with Crippen LogP contribution in [0.5, 0.6) is 0 Å². The van der Waals surface area contributed by atoms with Crippen LogP contribution in [0.25, 0.3) is 0 Å². The Hall–Kier alpha value is -1.24. The SMILES string of the molecule is CSC(=O)N=C(N(C)C)N(C)C(=O)NC1CCCCCC1. The van der Waals surface area contributed by atoms with E-state index in [1.54, 1.807) is 32.3 Å². The summed E-state index contributed by atoms with van der Waals surface area (Å²) in [5.41, 5.74) is 0. The Kier molecular flexibility index (Phi) is 7.56. The summed E-state index contributed by atoms with van der Waals surface area (Å²) in [6.07, 6.45) is 8.53. The van der Waals surface area contributed by atoms with Gasteiger partial charge in [-0.3, -0.25) is 9.69 Å². The third-order valence-corrected chi connectivity index (χ3v) is 3.99. The number of carbonyl (C=O) groups excluding carboxylic acids is 2. The Morgan fingerprint density at radius 2 is 1.67 bits per heavy atom. The second-order valence-electron chi connectivity index (χ2n) is 5.47. The molecule has 1 aliphatic carbocycles. The largest absolute Gasteiger partial charge is 0.348 e. The number of guanidine groups is 1. The number of amides is 3. The molecule has 0 heterocycles. The van der Waals surface area contributed by atoms with Crippen LogP contribution in [0.4, 0.5) is 9.59 Å². The second-order valence-corrected chi connectivity index (χ2v) is 6.23. The number of rotatable bonds is 1. The number of nitrogens with one attached hydrogen (secondary N) is 1. The predicted molar refractivity (Wildman–Crippen MR) is 87.8 cm³/mol. The number of thioether (sulfide) groups is 1. The summed E-state index contributed by atoms with van der Waals surface area (Å²) < 4.78 is 0. The molecular formula is C14H26N4O2S. The standard InChI is InChI=1S/C14H26N4O2S/c1-17(2)12(16-14(20)21-4)18(3)13(19)15-11-9-7-5-6-8-10-11/h11H,5-10H2,1-4H3,(H,15,19). The zero-order valence-corrected chi connectivity index (χ0v) is 14.2. The molecule has 1 fully saturated rings. The van der Waals surface area contributed by atoms with Gasteiger partial charge in [0.05, 0.1) is 0 Å². The predicted octanol–water partition coefficient (Wildman–Crippen LogP) is 2.75. The molecule has 0 spiro atoms. The minimum Gasteiger partial charge on any atom is -0.348 e. The lowest BCUT2D eigenvalue weighted by molar-refractivity contribution is 0.217. The minimum absolute atomic E-state index is 0.205. The number of hydrogen-bond acceptors (Lipinski definition) is 3. The Labute approximate surface area is 131 Å². The average Bonchev–Trinajstić information content (AvgIpc) is 2.71. The van der Waals surface area contributed by atoms with Gasteiger partial charge < -0.3 is 10.2 Å². The molecule has 120 valence electrons. The van der Waals surface area contributed by atoms with Gasteiger partial charge in [-0.1, -0.05) is 37.4 Å². The first-order chi connectivity index (χ1) is 9.95.